The number of aromatic nitrogens is 2. The van der Waals surface area contributed by atoms with E-state index >= 15 is 0 Å². The van der Waals surface area contributed by atoms with Crippen LogP contribution in [0.4, 0.5) is 0 Å². The van der Waals surface area contributed by atoms with Crippen molar-refractivity contribution in [1.82, 2.24) is 14.9 Å². The molecule has 0 aliphatic rings. The number of nitrogens with one attached hydrogen (secondary N) is 1. The van der Waals surface area contributed by atoms with Crippen molar-refractivity contribution in [3.05, 3.63) is 24.3 Å². The van der Waals surface area contributed by atoms with Gasteiger partial charge in [0.25, 0.3) is 0 Å². The van der Waals surface area contributed by atoms with Crippen LogP contribution in [0, 0.1) is 5.92 Å². The maximum Gasteiger partial charge on any atom is 0.240 e. The van der Waals surface area contributed by atoms with Gasteiger partial charge in [0.05, 0.1) is 16.8 Å². The number of nitrogens with zero attached hydrogens (tertiary/aromatic N) is 2. The molecule has 2 aromatic rings. The molecule has 2 unspecified atom stereocenters. The molecular weight excluding hydrogens is 324 g/mol. The molecule has 0 spiro atoms. The molecule has 24 heavy (non-hydrogen) atoms. The Hall–Kier alpha value is -2.02. The number of rotatable bonds is 8. The number of imidazole rings is 1. The number of fused-ring (bicyclic) bond motifs is 1. The van der Waals surface area contributed by atoms with E-state index in [-0.39, 0.29) is 17.6 Å². The lowest BCUT2D eigenvalue weighted by Crippen LogP contribution is -2.48. The van der Waals surface area contributed by atoms with Crippen LogP contribution in [-0.4, -0.2) is 33.2 Å². The Kier molecular flexibility index (Phi) is 6.25. The zero-order chi connectivity index (χ0) is 17.7. The maximum atomic E-state index is 12.2. The first-order valence-electron chi connectivity index (χ1n) is 8.14. The minimum Gasteiger partial charge on any atom is -0.368 e. The largest absolute Gasteiger partial charge is 0.368 e. The van der Waals surface area contributed by atoms with E-state index in [1.54, 1.807) is 0 Å². The van der Waals surface area contributed by atoms with E-state index in [2.05, 4.69) is 14.9 Å². The SMILES string of the molecule is CCC(C)C(NC(=O)CSc1nc2ccccc2n1CC)C(N)=O. The molecule has 2 amide bonds. The van der Waals surface area contributed by atoms with E-state index in [0.29, 0.717) is 0 Å². The molecule has 0 aliphatic carbocycles. The number of amides is 2. The van der Waals surface area contributed by atoms with Crippen molar-refractivity contribution in [3.8, 4) is 0 Å². The Balaban J connectivity index is 2.05. The summed E-state index contributed by atoms with van der Waals surface area (Å²) in [5, 5.41) is 3.54. The zero-order valence-corrected chi connectivity index (χ0v) is 15.1. The predicted octanol–water partition coefficient (Wildman–Crippen LogP) is 2.16. The monoisotopic (exact) mass is 348 g/mol. The summed E-state index contributed by atoms with van der Waals surface area (Å²) < 4.78 is 2.08. The second-order valence-corrected chi connectivity index (χ2v) is 6.69. The van der Waals surface area contributed by atoms with Crippen LogP contribution in [-0.2, 0) is 16.1 Å². The Morgan fingerprint density at radius 3 is 2.67 bits per heavy atom. The molecule has 0 aliphatic heterocycles. The number of para-hydroxylation sites is 2. The Bertz CT molecular complexity index is 728. The molecule has 1 aromatic carbocycles. The van der Waals surface area contributed by atoms with Gasteiger partial charge < -0.3 is 15.6 Å². The lowest BCUT2D eigenvalue weighted by Gasteiger charge is -2.20. The van der Waals surface area contributed by atoms with E-state index in [4.69, 9.17) is 5.73 Å². The van der Waals surface area contributed by atoms with Crippen molar-refractivity contribution in [2.24, 2.45) is 11.7 Å². The highest BCUT2D eigenvalue weighted by Gasteiger charge is 2.23. The fourth-order valence-corrected chi connectivity index (χ4v) is 3.43. The van der Waals surface area contributed by atoms with Gasteiger partial charge in [-0.15, -0.1) is 0 Å². The molecule has 0 saturated heterocycles. The molecule has 3 N–H and O–H groups in total. The number of hydrogen-bond acceptors (Lipinski definition) is 4. The molecule has 0 saturated carbocycles. The summed E-state index contributed by atoms with van der Waals surface area (Å²) in [7, 11) is 0. The molecule has 6 nitrogen and oxygen atoms in total. The van der Waals surface area contributed by atoms with Crippen molar-refractivity contribution in [2.45, 2.75) is 44.9 Å². The van der Waals surface area contributed by atoms with Gasteiger partial charge in [-0.05, 0) is 25.0 Å². The van der Waals surface area contributed by atoms with Crippen molar-refractivity contribution < 1.29 is 9.59 Å². The van der Waals surface area contributed by atoms with Crippen LogP contribution in [0.1, 0.15) is 27.2 Å². The van der Waals surface area contributed by atoms with Gasteiger partial charge in [-0.2, -0.15) is 0 Å². The van der Waals surface area contributed by atoms with E-state index in [1.165, 1.54) is 11.8 Å². The number of thioether (sulfide) groups is 1. The number of hydrogen-bond donors (Lipinski definition) is 2. The average molecular weight is 348 g/mol. The Morgan fingerprint density at radius 1 is 1.33 bits per heavy atom. The number of aryl methyl sites for hydroxylation is 1. The first kappa shape index (κ1) is 18.3. The second kappa shape index (κ2) is 8.19. The smallest absolute Gasteiger partial charge is 0.240 e. The molecule has 130 valence electrons. The van der Waals surface area contributed by atoms with Crippen molar-refractivity contribution in [2.75, 3.05) is 5.75 Å². The van der Waals surface area contributed by atoms with Gasteiger partial charge >= 0.3 is 0 Å². The van der Waals surface area contributed by atoms with Crippen LogP contribution in [0.25, 0.3) is 11.0 Å². The number of nitrogens with two attached hydrogens (primary N) is 1. The summed E-state index contributed by atoms with van der Waals surface area (Å²) in [5.74, 6) is -0.497. The predicted molar refractivity (Wildman–Crippen MR) is 96.7 cm³/mol. The molecule has 1 heterocycles. The first-order chi connectivity index (χ1) is 11.5. The molecule has 0 radical (unpaired) electrons. The molecule has 2 rings (SSSR count). The van der Waals surface area contributed by atoms with Crippen LogP contribution in [0.15, 0.2) is 29.4 Å². The summed E-state index contributed by atoms with van der Waals surface area (Å²) in [6.45, 7) is 6.69. The third-order valence-corrected chi connectivity index (χ3v) is 5.08. The summed E-state index contributed by atoms with van der Waals surface area (Å²) in [5.41, 5.74) is 7.36. The van der Waals surface area contributed by atoms with E-state index in [9.17, 15) is 9.59 Å². The minimum absolute atomic E-state index is 0.0108. The Morgan fingerprint density at radius 2 is 2.04 bits per heavy atom. The molecular formula is C17H24N4O2S. The van der Waals surface area contributed by atoms with E-state index in [1.807, 2.05) is 45.0 Å². The highest BCUT2D eigenvalue weighted by Crippen LogP contribution is 2.23. The topological polar surface area (TPSA) is 90.0 Å². The van der Waals surface area contributed by atoms with Crippen LogP contribution < -0.4 is 11.1 Å². The van der Waals surface area contributed by atoms with E-state index in [0.717, 1.165) is 29.2 Å². The van der Waals surface area contributed by atoms with Gasteiger partial charge in [0.15, 0.2) is 5.16 Å². The van der Waals surface area contributed by atoms with Crippen molar-refractivity contribution in [3.63, 3.8) is 0 Å². The molecule has 0 fully saturated rings. The summed E-state index contributed by atoms with van der Waals surface area (Å²) in [6.07, 6.45) is 0.770. The molecule has 0 bridgehead atoms. The second-order valence-electron chi connectivity index (χ2n) is 5.75. The fraction of sp³-hybridized carbons (Fsp3) is 0.471. The number of carbonyl (C=O) groups excluding carboxylic acids is 2. The maximum absolute atomic E-state index is 12.2. The standard InChI is InChI=1S/C17H24N4O2S/c1-4-11(3)15(16(18)23)20-14(22)10-24-17-19-12-8-6-7-9-13(12)21(17)5-2/h6-9,11,15H,4-5,10H2,1-3H3,(H2,18,23)(H,20,22). The van der Waals surface area contributed by atoms with Gasteiger partial charge in [0, 0.05) is 6.54 Å². The number of primary amides is 1. The summed E-state index contributed by atoms with van der Waals surface area (Å²) in [6, 6.07) is 7.26. The highest BCUT2D eigenvalue weighted by atomic mass is 32.2. The van der Waals surface area contributed by atoms with Crippen LogP contribution >= 0.6 is 11.8 Å². The van der Waals surface area contributed by atoms with Gasteiger partial charge in [0.1, 0.15) is 6.04 Å². The van der Waals surface area contributed by atoms with Crippen molar-refractivity contribution >= 4 is 34.6 Å². The molecule has 1 aromatic heterocycles. The highest BCUT2D eigenvalue weighted by molar-refractivity contribution is 7.99. The van der Waals surface area contributed by atoms with E-state index < -0.39 is 11.9 Å². The van der Waals surface area contributed by atoms with Gasteiger partial charge in [0.2, 0.25) is 11.8 Å². The Labute approximate surface area is 146 Å². The average Bonchev–Trinajstić information content (AvgIpc) is 2.94. The first-order valence-corrected chi connectivity index (χ1v) is 9.13. The number of benzene rings is 1. The summed E-state index contributed by atoms with van der Waals surface area (Å²) >= 11 is 1.37. The quantitative estimate of drug-likeness (QED) is 0.715. The van der Waals surface area contributed by atoms with Gasteiger partial charge in [-0.3, -0.25) is 9.59 Å². The van der Waals surface area contributed by atoms with Crippen LogP contribution in [0.5, 0.6) is 0 Å². The van der Waals surface area contributed by atoms with Crippen LogP contribution in [0.2, 0.25) is 0 Å². The molecule has 7 heteroatoms. The lowest BCUT2D eigenvalue weighted by atomic mass is 9.99. The van der Waals surface area contributed by atoms with Gasteiger partial charge in [-0.1, -0.05) is 44.2 Å². The third kappa shape index (κ3) is 4.08. The van der Waals surface area contributed by atoms with Crippen LogP contribution in [0.3, 0.4) is 0 Å². The van der Waals surface area contributed by atoms with Crippen molar-refractivity contribution in [1.29, 1.82) is 0 Å². The zero-order valence-electron chi connectivity index (χ0n) is 14.3. The minimum atomic E-state index is -0.631. The lowest BCUT2D eigenvalue weighted by molar-refractivity contribution is -0.127. The fourth-order valence-electron chi connectivity index (χ4n) is 2.54. The summed E-state index contributed by atoms with van der Waals surface area (Å²) in [4.78, 5) is 28.3. The van der Waals surface area contributed by atoms with Gasteiger partial charge in [-0.25, -0.2) is 4.98 Å². The molecule has 2 atom stereocenters. The normalized spacial score (nSPS) is 13.6. The third-order valence-electron chi connectivity index (χ3n) is 4.10. The number of carbonyl (C=O) groups is 2.